The summed E-state index contributed by atoms with van der Waals surface area (Å²) in [5.41, 5.74) is 14.5. The molecular weight excluding hydrogens is 683 g/mol. The third-order valence-electron chi connectivity index (χ3n) is 10.7. The van der Waals surface area contributed by atoms with E-state index >= 15 is 0 Å². The Bertz CT molecular complexity index is 2040. The van der Waals surface area contributed by atoms with Crippen LogP contribution < -0.4 is 0 Å². The monoisotopic (exact) mass is 721 g/mol. The third kappa shape index (κ3) is 4.78. The van der Waals surface area contributed by atoms with E-state index in [4.69, 9.17) is 17.0 Å². The van der Waals surface area contributed by atoms with E-state index in [0.717, 1.165) is 0 Å². The predicted octanol–water partition coefficient (Wildman–Crippen LogP) is 12.7. The molecule has 2 aliphatic carbocycles. The first kappa shape index (κ1) is 31.1. The van der Waals surface area contributed by atoms with Crippen LogP contribution in [0.1, 0.15) is 55.8 Å². The van der Waals surface area contributed by atoms with Gasteiger partial charge in [0.2, 0.25) is 0 Å². The topological polar surface area (TPSA) is 0 Å². The second kappa shape index (κ2) is 11.3. The van der Waals surface area contributed by atoms with Crippen LogP contribution in [-0.2, 0) is 15.6 Å². The van der Waals surface area contributed by atoms with Gasteiger partial charge in [0, 0.05) is 0 Å². The zero-order valence-corrected chi connectivity index (χ0v) is 32.2. The molecule has 227 valence electrons. The quantitative estimate of drug-likeness (QED) is 0.153. The number of fused-ring (bicyclic) bond motifs is 3. The zero-order valence-electron chi connectivity index (χ0n) is 27.0. The molecule has 2 aliphatic rings. The normalized spacial score (nSPS) is 18.5. The molecule has 5 aromatic carbocycles. The fourth-order valence-corrected chi connectivity index (χ4v) is 40.6. The van der Waals surface area contributed by atoms with Crippen LogP contribution in [-0.4, -0.2) is 5.92 Å². The summed E-state index contributed by atoms with van der Waals surface area (Å²) in [4.78, 5) is 0. The number of hydrogen-bond donors (Lipinski definition) is 0. The van der Waals surface area contributed by atoms with Crippen LogP contribution in [0.5, 0.6) is 0 Å². The summed E-state index contributed by atoms with van der Waals surface area (Å²) in [5.74, 6) is -1.29. The van der Waals surface area contributed by atoms with Crippen molar-refractivity contribution in [3.8, 4) is 22.3 Å². The van der Waals surface area contributed by atoms with Crippen molar-refractivity contribution >= 4 is 45.9 Å². The first-order valence-electron chi connectivity index (χ1n) is 16.3. The first-order chi connectivity index (χ1) is 21.5. The van der Waals surface area contributed by atoms with Crippen molar-refractivity contribution in [3.05, 3.63) is 142 Å². The van der Waals surface area contributed by atoms with Gasteiger partial charge in [0.15, 0.2) is 0 Å². The molecule has 4 heteroatoms. The minimum atomic E-state index is -4.83. The Morgan fingerprint density at radius 1 is 0.644 bits per heavy atom. The Hall–Kier alpha value is -2.48. The molecule has 0 saturated carbocycles. The van der Waals surface area contributed by atoms with Crippen molar-refractivity contribution in [2.45, 2.75) is 48.0 Å². The molecule has 2 unspecified atom stereocenters. The Labute approximate surface area is 277 Å². The van der Waals surface area contributed by atoms with E-state index in [1.165, 1.54) is 72.0 Å². The summed E-state index contributed by atoms with van der Waals surface area (Å²) in [7, 11) is 17.3. The molecule has 0 aromatic heterocycles. The molecule has 0 radical (unpaired) electrons. The van der Waals surface area contributed by atoms with Crippen molar-refractivity contribution in [2.75, 3.05) is 0 Å². The van der Waals surface area contributed by atoms with Crippen LogP contribution in [0.3, 0.4) is 0 Å². The Morgan fingerprint density at radius 3 is 2.04 bits per heavy atom. The van der Waals surface area contributed by atoms with E-state index in [-0.39, 0.29) is 7.25 Å². The molecule has 0 aliphatic heterocycles. The van der Waals surface area contributed by atoms with Crippen molar-refractivity contribution in [1.29, 1.82) is 0 Å². The molecule has 0 nitrogen and oxygen atoms in total. The summed E-state index contributed by atoms with van der Waals surface area (Å²) in [5, 5.41) is 2.52. The number of aryl methyl sites for hydroxylation is 1. The van der Waals surface area contributed by atoms with Crippen molar-refractivity contribution in [3.63, 3.8) is 0 Å². The Morgan fingerprint density at radius 2 is 1.33 bits per heavy atom. The molecule has 7 rings (SSSR count). The van der Waals surface area contributed by atoms with Crippen LogP contribution in [0, 0.1) is 12.8 Å². The zero-order chi connectivity index (χ0) is 31.7. The maximum absolute atomic E-state index is 8.63. The fraction of sp³-hybridized carbons (Fsp3) is 0.220. The summed E-state index contributed by atoms with van der Waals surface area (Å²) >= 11 is -4.83. The summed E-state index contributed by atoms with van der Waals surface area (Å²) in [6.45, 7) is 14.1. The van der Waals surface area contributed by atoms with E-state index in [9.17, 15) is 0 Å². The van der Waals surface area contributed by atoms with Gasteiger partial charge in [0.25, 0.3) is 0 Å². The van der Waals surface area contributed by atoms with E-state index in [0.29, 0.717) is 5.92 Å². The number of hydrogen-bond acceptors (Lipinski definition) is 0. The molecule has 0 spiro atoms. The number of benzene rings is 5. The molecular formula is C41H41Cl2SiZr. The van der Waals surface area contributed by atoms with E-state index in [1.54, 1.807) is 0 Å². The van der Waals surface area contributed by atoms with Gasteiger partial charge in [-0.05, 0) is 0 Å². The van der Waals surface area contributed by atoms with Crippen molar-refractivity contribution in [1.82, 2.24) is 0 Å². The molecule has 0 amide bonds. The maximum atomic E-state index is 8.63. The SMILES string of the molecule is CC1=Cc2c(-c3ccccc3)ccc(C)c2[CH]1[Zr]([Cl])([Cl])([CH]1C(C(C)C)=Cc2c(-c3ccc4ccccc4c3)cccc21)[SiH](C)C. The van der Waals surface area contributed by atoms with Gasteiger partial charge in [-0.1, -0.05) is 0 Å². The summed E-state index contributed by atoms with van der Waals surface area (Å²) < 4.78 is 0.165. The van der Waals surface area contributed by atoms with E-state index in [1.807, 2.05) is 0 Å². The average molecular weight is 724 g/mol. The fourth-order valence-electron chi connectivity index (χ4n) is 8.39. The molecule has 5 aromatic rings. The second-order valence-electron chi connectivity index (χ2n) is 13.9. The molecule has 0 bridgehead atoms. The van der Waals surface area contributed by atoms with Crippen molar-refractivity contribution < 1.29 is 15.6 Å². The second-order valence-corrected chi connectivity index (χ2v) is 56.4. The van der Waals surface area contributed by atoms with Crippen LogP contribution in [0.2, 0.25) is 13.1 Å². The van der Waals surface area contributed by atoms with Gasteiger partial charge in [-0.25, -0.2) is 0 Å². The third-order valence-corrected chi connectivity index (χ3v) is 62.6. The first-order valence-corrected chi connectivity index (χ1v) is 32.6. The number of allylic oxidation sites excluding steroid dienone is 2. The van der Waals surface area contributed by atoms with Crippen molar-refractivity contribution in [2.24, 2.45) is 5.92 Å². The number of rotatable bonds is 6. The minimum absolute atomic E-state index is 0.0796. The van der Waals surface area contributed by atoms with E-state index < -0.39 is 21.5 Å². The molecule has 45 heavy (non-hydrogen) atoms. The molecule has 0 N–H and O–H groups in total. The molecule has 2 atom stereocenters. The molecule has 0 saturated heterocycles. The number of halogens is 2. The van der Waals surface area contributed by atoms with Gasteiger partial charge in [-0.15, -0.1) is 0 Å². The standard InChI is InChI=1S/C22H19.C17H15.C2H7Si.2ClH.Zr/c1-15(2)20-13-18-8-5-9-21(22(18)14-20)19-11-10-16-6-3-4-7-17(16)12-19;1-12-10-16-13(2)8-9-15(17(16)11-12)14-6-4-3-5-7-14;1-3-2;;;/h3-15H,1-2H3;3-11H,1-2H3;3H,1-2H3;2*1H;/q;;;;;+2/p-2. The Balaban J connectivity index is 1.46. The van der Waals surface area contributed by atoms with Gasteiger partial charge in [-0.3, -0.25) is 0 Å². The van der Waals surface area contributed by atoms with Crippen LogP contribution in [0.15, 0.2) is 114 Å². The predicted molar refractivity (Wildman–Crippen MR) is 199 cm³/mol. The van der Waals surface area contributed by atoms with E-state index in [2.05, 4.69) is 156 Å². The Kier molecular flexibility index (Phi) is 7.85. The molecule has 0 fully saturated rings. The summed E-state index contributed by atoms with van der Waals surface area (Å²) in [6.07, 6.45) is 4.90. The van der Waals surface area contributed by atoms with Crippen LogP contribution in [0.4, 0.5) is 0 Å². The summed E-state index contributed by atoms with van der Waals surface area (Å²) in [6, 6.07) is 37.7. The van der Waals surface area contributed by atoms with Gasteiger partial charge in [0.05, 0.1) is 0 Å². The van der Waals surface area contributed by atoms with Crippen LogP contribution in [0.25, 0.3) is 45.2 Å². The van der Waals surface area contributed by atoms with Gasteiger partial charge < -0.3 is 0 Å². The van der Waals surface area contributed by atoms with Gasteiger partial charge in [0.1, 0.15) is 0 Å². The van der Waals surface area contributed by atoms with Crippen LogP contribution >= 0.6 is 17.0 Å². The molecule has 0 heterocycles. The average Bonchev–Trinajstić information content (AvgIpc) is 3.62. The van der Waals surface area contributed by atoms with Gasteiger partial charge >= 0.3 is 280 Å². The van der Waals surface area contributed by atoms with Gasteiger partial charge in [-0.2, -0.15) is 0 Å².